The van der Waals surface area contributed by atoms with E-state index in [9.17, 15) is 8.42 Å². The highest BCUT2D eigenvalue weighted by Gasteiger charge is 2.26. The molecular formula is C15H14ClN3O2S2. The van der Waals surface area contributed by atoms with Crippen molar-refractivity contribution < 1.29 is 8.42 Å². The van der Waals surface area contributed by atoms with Gasteiger partial charge in [0, 0.05) is 24.5 Å². The lowest BCUT2D eigenvalue weighted by atomic mass is 10.1. The molecule has 0 saturated carbocycles. The topological polar surface area (TPSA) is 64.0 Å². The second-order valence-corrected chi connectivity index (χ2v) is 8.26. The van der Waals surface area contributed by atoms with Crippen LogP contribution in [0.25, 0.3) is 0 Å². The minimum atomic E-state index is -3.64. The Kier molecular flexibility index (Phi) is 4.54. The van der Waals surface area contributed by atoms with Gasteiger partial charge in [0.05, 0.1) is 0 Å². The SMILES string of the molecule is Cn1ccnc1C(NS(=O)(=O)c1cccs1)c1ccc(Cl)cc1. The Morgan fingerprint density at radius 2 is 2.00 bits per heavy atom. The van der Waals surface area contributed by atoms with Gasteiger partial charge in [-0.15, -0.1) is 11.3 Å². The Morgan fingerprint density at radius 3 is 2.57 bits per heavy atom. The summed E-state index contributed by atoms with van der Waals surface area (Å²) < 4.78 is 30.0. The minimum absolute atomic E-state index is 0.269. The fourth-order valence-electron chi connectivity index (χ4n) is 2.21. The molecule has 0 aliphatic heterocycles. The Balaban J connectivity index is 2.03. The van der Waals surface area contributed by atoms with Crippen LogP contribution in [0, 0.1) is 0 Å². The number of halogens is 1. The van der Waals surface area contributed by atoms with Gasteiger partial charge in [-0.25, -0.2) is 13.4 Å². The van der Waals surface area contributed by atoms with Crippen LogP contribution in [0.15, 0.2) is 58.4 Å². The van der Waals surface area contributed by atoms with Crippen molar-refractivity contribution in [1.29, 1.82) is 0 Å². The minimum Gasteiger partial charge on any atom is -0.336 e. The standard InChI is InChI=1S/C15H14ClN3O2S2/c1-19-9-8-17-15(19)14(11-4-6-12(16)7-5-11)18-23(20,21)13-3-2-10-22-13/h2-10,14,18H,1H3. The maximum Gasteiger partial charge on any atom is 0.251 e. The summed E-state index contributed by atoms with van der Waals surface area (Å²) in [5, 5.41) is 2.32. The van der Waals surface area contributed by atoms with Crippen LogP contribution in [-0.4, -0.2) is 18.0 Å². The average molecular weight is 368 g/mol. The number of hydrogen-bond donors (Lipinski definition) is 1. The second kappa shape index (κ2) is 6.45. The van der Waals surface area contributed by atoms with Crippen LogP contribution in [0.3, 0.4) is 0 Å². The van der Waals surface area contributed by atoms with Gasteiger partial charge < -0.3 is 4.57 Å². The third kappa shape index (κ3) is 3.48. The lowest BCUT2D eigenvalue weighted by Gasteiger charge is -2.18. The van der Waals surface area contributed by atoms with Crippen molar-refractivity contribution >= 4 is 33.0 Å². The first kappa shape index (κ1) is 16.2. The van der Waals surface area contributed by atoms with Gasteiger partial charge >= 0.3 is 0 Å². The summed E-state index contributed by atoms with van der Waals surface area (Å²) in [5.74, 6) is 0.604. The van der Waals surface area contributed by atoms with Gasteiger partial charge in [-0.1, -0.05) is 29.8 Å². The molecular weight excluding hydrogens is 354 g/mol. The first-order chi connectivity index (χ1) is 11.0. The molecule has 0 radical (unpaired) electrons. The van der Waals surface area contributed by atoms with Gasteiger partial charge in [0.15, 0.2) is 0 Å². The zero-order valence-electron chi connectivity index (χ0n) is 12.2. The van der Waals surface area contributed by atoms with E-state index in [1.54, 1.807) is 58.7 Å². The molecule has 1 atom stereocenters. The molecule has 1 N–H and O–H groups in total. The molecule has 120 valence electrons. The molecule has 0 amide bonds. The molecule has 0 saturated heterocycles. The van der Waals surface area contributed by atoms with Crippen LogP contribution in [-0.2, 0) is 17.1 Å². The van der Waals surface area contributed by atoms with Gasteiger partial charge in [0.25, 0.3) is 10.0 Å². The number of rotatable bonds is 5. The highest BCUT2D eigenvalue weighted by Crippen LogP contribution is 2.25. The third-order valence-corrected chi connectivity index (χ3v) is 6.43. The molecule has 0 spiro atoms. The zero-order valence-corrected chi connectivity index (χ0v) is 14.6. The van der Waals surface area contributed by atoms with Gasteiger partial charge in [0.2, 0.25) is 0 Å². The predicted octanol–water partition coefficient (Wildman–Crippen LogP) is 3.20. The lowest BCUT2D eigenvalue weighted by molar-refractivity contribution is 0.565. The van der Waals surface area contributed by atoms with E-state index >= 15 is 0 Å². The summed E-state index contributed by atoms with van der Waals surface area (Å²) >= 11 is 7.10. The number of hydrogen-bond acceptors (Lipinski definition) is 4. The molecule has 0 aliphatic rings. The summed E-state index contributed by atoms with van der Waals surface area (Å²) in [6.07, 6.45) is 3.41. The van der Waals surface area contributed by atoms with Crippen molar-refractivity contribution in [1.82, 2.24) is 14.3 Å². The molecule has 23 heavy (non-hydrogen) atoms. The van der Waals surface area contributed by atoms with Crippen LogP contribution in [0.4, 0.5) is 0 Å². The summed E-state index contributed by atoms with van der Waals surface area (Å²) in [6, 6.07) is 9.72. The van der Waals surface area contributed by atoms with Crippen molar-refractivity contribution in [3.63, 3.8) is 0 Å². The molecule has 8 heteroatoms. The molecule has 1 unspecified atom stereocenters. The van der Waals surface area contributed by atoms with Crippen LogP contribution in [0.1, 0.15) is 17.4 Å². The van der Waals surface area contributed by atoms with Crippen LogP contribution in [0.2, 0.25) is 5.02 Å². The third-order valence-electron chi connectivity index (χ3n) is 3.35. The Morgan fingerprint density at radius 1 is 1.26 bits per heavy atom. The molecule has 3 aromatic rings. The molecule has 5 nitrogen and oxygen atoms in total. The normalized spacial score (nSPS) is 13.1. The molecule has 3 rings (SSSR count). The Labute approximate surface area is 143 Å². The largest absolute Gasteiger partial charge is 0.336 e. The molecule has 0 aliphatic carbocycles. The van der Waals surface area contributed by atoms with E-state index in [-0.39, 0.29) is 4.21 Å². The number of nitrogens with one attached hydrogen (secondary N) is 1. The fourth-order valence-corrected chi connectivity index (χ4v) is 4.53. The maximum absolute atomic E-state index is 12.6. The van der Waals surface area contributed by atoms with Gasteiger partial charge in [-0.3, -0.25) is 0 Å². The van der Waals surface area contributed by atoms with Crippen molar-refractivity contribution in [2.24, 2.45) is 7.05 Å². The highest BCUT2D eigenvalue weighted by molar-refractivity contribution is 7.91. The van der Waals surface area contributed by atoms with Crippen molar-refractivity contribution in [2.75, 3.05) is 0 Å². The number of sulfonamides is 1. The molecule has 1 aromatic carbocycles. The first-order valence-electron chi connectivity index (χ1n) is 6.76. The van der Waals surface area contributed by atoms with Crippen LogP contribution in [0.5, 0.6) is 0 Å². The Hall–Kier alpha value is -1.67. The Bertz CT molecular complexity index is 887. The summed E-state index contributed by atoms with van der Waals surface area (Å²) in [6.45, 7) is 0. The molecule has 2 aromatic heterocycles. The average Bonchev–Trinajstić information content (AvgIpc) is 3.17. The number of imidazole rings is 1. The molecule has 0 bridgehead atoms. The summed E-state index contributed by atoms with van der Waals surface area (Å²) in [4.78, 5) is 4.29. The molecule has 0 fully saturated rings. The summed E-state index contributed by atoms with van der Waals surface area (Å²) in [5.41, 5.74) is 0.767. The monoisotopic (exact) mass is 367 g/mol. The zero-order chi connectivity index (χ0) is 16.4. The quantitative estimate of drug-likeness (QED) is 0.753. The molecule has 2 heterocycles. The van der Waals surface area contributed by atoms with Gasteiger partial charge in [-0.2, -0.15) is 4.72 Å². The van der Waals surface area contributed by atoms with E-state index in [0.717, 1.165) is 5.56 Å². The van der Waals surface area contributed by atoms with Crippen molar-refractivity contribution in [2.45, 2.75) is 10.3 Å². The van der Waals surface area contributed by atoms with E-state index in [1.807, 2.05) is 7.05 Å². The number of benzene rings is 1. The van der Waals surface area contributed by atoms with Crippen molar-refractivity contribution in [3.05, 3.63) is 70.6 Å². The van der Waals surface area contributed by atoms with Crippen LogP contribution >= 0.6 is 22.9 Å². The van der Waals surface area contributed by atoms with E-state index < -0.39 is 16.1 Å². The number of thiophene rings is 1. The highest BCUT2D eigenvalue weighted by atomic mass is 35.5. The fraction of sp³-hybridized carbons (Fsp3) is 0.133. The van der Waals surface area contributed by atoms with Crippen molar-refractivity contribution in [3.8, 4) is 0 Å². The van der Waals surface area contributed by atoms with E-state index in [2.05, 4.69) is 9.71 Å². The number of aromatic nitrogens is 2. The lowest BCUT2D eigenvalue weighted by Crippen LogP contribution is -2.30. The van der Waals surface area contributed by atoms with Gasteiger partial charge in [-0.05, 0) is 29.1 Å². The van der Waals surface area contributed by atoms with Gasteiger partial charge in [0.1, 0.15) is 16.1 Å². The number of aryl methyl sites for hydroxylation is 1. The smallest absolute Gasteiger partial charge is 0.251 e. The summed E-state index contributed by atoms with van der Waals surface area (Å²) in [7, 11) is -1.81. The van der Waals surface area contributed by atoms with E-state index in [0.29, 0.717) is 10.8 Å². The van der Waals surface area contributed by atoms with E-state index in [4.69, 9.17) is 11.6 Å². The van der Waals surface area contributed by atoms with Crippen LogP contribution < -0.4 is 4.72 Å². The first-order valence-corrected chi connectivity index (χ1v) is 9.50. The number of nitrogens with zero attached hydrogens (tertiary/aromatic N) is 2. The second-order valence-electron chi connectivity index (χ2n) is 4.93. The maximum atomic E-state index is 12.6. The van der Waals surface area contributed by atoms with E-state index in [1.165, 1.54) is 11.3 Å². The predicted molar refractivity (Wildman–Crippen MR) is 91.1 cm³/mol.